The van der Waals surface area contributed by atoms with Crippen LogP contribution in [-0.4, -0.2) is 14.8 Å². The van der Waals surface area contributed by atoms with Gasteiger partial charge in [0, 0.05) is 12.8 Å². The molecule has 0 atom stereocenters. The number of thioether (sulfide) groups is 1. The normalized spacial score (nSPS) is 10.7. The van der Waals surface area contributed by atoms with Crippen molar-refractivity contribution in [2.24, 2.45) is 7.05 Å². The van der Waals surface area contributed by atoms with Crippen LogP contribution in [0, 0.1) is 12.7 Å². The summed E-state index contributed by atoms with van der Waals surface area (Å²) >= 11 is 1.48. The Bertz CT molecular complexity index is 496. The molecule has 84 valence electrons. The third kappa shape index (κ3) is 2.24. The minimum absolute atomic E-state index is 0.172. The molecule has 16 heavy (non-hydrogen) atoms. The number of nitrogens with zero attached hydrogens (tertiary/aromatic N) is 3. The SMILES string of the molecule is Cc1nnc(SCc2ccccc2F)n1C. The first-order valence-corrected chi connectivity index (χ1v) is 5.89. The van der Waals surface area contributed by atoms with E-state index in [2.05, 4.69) is 10.2 Å². The van der Waals surface area contributed by atoms with Crippen molar-refractivity contribution in [1.29, 1.82) is 0 Å². The molecule has 1 heterocycles. The van der Waals surface area contributed by atoms with Gasteiger partial charge in [0.1, 0.15) is 11.6 Å². The number of benzene rings is 1. The second-order valence-corrected chi connectivity index (χ2v) is 4.41. The van der Waals surface area contributed by atoms with Crippen molar-refractivity contribution in [3.63, 3.8) is 0 Å². The smallest absolute Gasteiger partial charge is 0.191 e. The maximum absolute atomic E-state index is 13.3. The van der Waals surface area contributed by atoms with Gasteiger partial charge in [0.2, 0.25) is 0 Å². The lowest BCUT2D eigenvalue weighted by atomic mass is 10.2. The van der Waals surface area contributed by atoms with Crippen molar-refractivity contribution in [3.8, 4) is 0 Å². The van der Waals surface area contributed by atoms with Gasteiger partial charge in [-0.3, -0.25) is 0 Å². The van der Waals surface area contributed by atoms with Crippen LogP contribution in [-0.2, 0) is 12.8 Å². The van der Waals surface area contributed by atoms with Crippen LogP contribution in [0.5, 0.6) is 0 Å². The number of halogens is 1. The lowest BCUT2D eigenvalue weighted by Crippen LogP contribution is -1.94. The van der Waals surface area contributed by atoms with E-state index in [4.69, 9.17) is 0 Å². The van der Waals surface area contributed by atoms with Crippen LogP contribution in [0.4, 0.5) is 4.39 Å². The summed E-state index contributed by atoms with van der Waals surface area (Å²) in [5.74, 6) is 1.25. The second kappa shape index (κ2) is 4.65. The maximum Gasteiger partial charge on any atom is 0.191 e. The Labute approximate surface area is 97.7 Å². The number of aromatic nitrogens is 3. The lowest BCUT2D eigenvalue weighted by Gasteiger charge is -2.02. The predicted molar refractivity (Wildman–Crippen MR) is 61.7 cm³/mol. The zero-order valence-electron chi connectivity index (χ0n) is 9.14. The summed E-state index contributed by atoms with van der Waals surface area (Å²) < 4.78 is 15.2. The Kier molecular flexibility index (Phi) is 3.24. The van der Waals surface area contributed by atoms with Gasteiger partial charge < -0.3 is 4.57 Å². The number of hydrogen-bond donors (Lipinski definition) is 0. The Morgan fingerprint density at radius 2 is 2.06 bits per heavy atom. The third-order valence-corrected chi connectivity index (χ3v) is 3.44. The quantitative estimate of drug-likeness (QED) is 0.769. The van der Waals surface area contributed by atoms with Gasteiger partial charge in [-0.15, -0.1) is 10.2 Å². The Balaban J connectivity index is 2.08. The van der Waals surface area contributed by atoms with Gasteiger partial charge >= 0.3 is 0 Å². The molecule has 0 N–H and O–H groups in total. The van der Waals surface area contributed by atoms with Crippen LogP contribution in [0.3, 0.4) is 0 Å². The number of hydrogen-bond acceptors (Lipinski definition) is 3. The van der Waals surface area contributed by atoms with E-state index in [0.29, 0.717) is 11.3 Å². The molecule has 1 aromatic heterocycles. The standard InChI is InChI=1S/C11H12FN3S/c1-8-13-14-11(15(8)2)16-7-9-5-3-4-6-10(9)12/h3-6H,7H2,1-2H3. The van der Waals surface area contributed by atoms with Crippen molar-refractivity contribution < 1.29 is 4.39 Å². The van der Waals surface area contributed by atoms with Crippen LogP contribution < -0.4 is 0 Å². The monoisotopic (exact) mass is 237 g/mol. The Morgan fingerprint density at radius 1 is 1.31 bits per heavy atom. The zero-order chi connectivity index (χ0) is 11.5. The van der Waals surface area contributed by atoms with Crippen molar-refractivity contribution in [3.05, 3.63) is 41.5 Å². The van der Waals surface area contributed by atoms with E-state index in [1.54, 1.807) is 12.1 Å². The summed E-state index contributed by atoms with van der Waals surface area (Å²) in [6, 6.07) is 6.78. The van der Waals surface area contributed by atoms with Gasteiger partial charge in [0.05, 0.1) is 0 Å². The van der Waals surface area contributed by atoms with E-state index in [1.807, 2.05) is 24.6 Å². The van der Waals surface area contributed by atoms with Crippen molar-refractivity contribution >= 4 is 11.8 Å². The molecule has 1 aromatic carbocycles. The van der Waals surface area contributed by atoms with Crippen LogP contribution in [0.15, 0.2) is 29.4 Å². The fraction of sp³-hybridized carbons (Fsp3) is 0.273. The molecule has 0 saturated heterocycles. The predicted octanol–water partition coefficient (Wildman–Crippen LogP) is 2.55. The first-order chi connectivity index (χ1) is 7.68. The van der Waals surface area contributed by atoms with E-state index in [9.17, 15) is 4.39 Å². The van der Waals surface area contributed by atoms with Gasteiger partial charge in [-0.25, -0.2) is 4.39 Å². The first kappa shape index (κ1) is 11.1. The summed E-state index contributed by atoms with van der Waals surface area (Å²) in [5.41, 5.74) is 0.688. The van der Waals surface area contributed by atoms with Crippen molar-refractivity contribution in [1.82, 2.24) is 14.8 Å². The molecule has 0 fully saturated rings. The van der Waals surface area contributed by atoms with Crippen LogP contribution in [0.25, 0.3) is 0 Å². The summed E-state index contributed by atoms with van der Waals surface area (Å²) in [4.78, 5) is 0. The summed E-state index contributed by atoms with van der Waals surface area (Å²) in [5, 5.41) is 8.77. The van der Waals surface area contributed by atoms with Gasteiger partial charge in [-0.2, -0.15) is 0 Å². The highest BCUT2D eigenvalue weighted by molar-refractivity contribution is 7.98. The highest BCUT2D eigenvalue weighted by Crippen LogP contribution is 2.22. The molecule has 0 aliphatic rings. The topological polar surface area (TPSA) is 30.7 Å². The van der Waals surface area contributed by atoms with Crippen molar-refractivity contribution in [2.75, 3.05) is 0 Å². The number of aryl methyl sites for hydroxylation is 1. The molecular weight excluding hydrogens is 225 g/mol. The molecule has 5 heteroatoms. The van der Waals surface area contributed by atoms with Gasteiger partial charge in [0.15, 0.2) is 5.16 Å². The Morgan fingerprint density at radius 3 is 2.69 bits per heavy atom. The van der Waals surface area contributed by atoms with Gasteiger partial charge in [0.25, 0.3) is 0 Å². The molecule has 0 amide bonds. The summed E-state index contributed by atoms with van der Waals surface area (Å²) in [6.07, 6.45) is 0. The summed E-state index contributed by atoms with van der Waals surface area (Å²) in [7, 11) is 1.90. The molecular formula is C11H12FN3S. The largest absolute Gasteiger partial charge is 0.309 e. The molecule has 2 rings (SSSR count). The fourth-order valence-corrected chi connectivity index (χ4v) is 2.21. The minimum Gasteiger partial charge on any atom is -0.309 e. The van der Waals surface area contributed by atoms with Crippen molar-refractivity contribution in [2.45, 2.75) is 17.8 Å². The lowest BCUT2D eigenvalue weighted by molar-refractivity contribution is 0.617. The van der Waals surface area contributed by atoms with Gasteiger partial charge in [-0.05, 0) is 18.6 Å². The highest BCUT2D eigenvalue weighted by Gasteiger charge is 2.07. The molecule has 0 spiro atoms. The molecule has 0 aliphatic heterocycles. The molecule has 0 radical (unpaired) electrons. The fourth-order valence-electron chi connectivity index (χ4n) is 1.27. The van der Waals surface area contributed by atoms with Crippen LogP contribution in [0.2, 0.25) is 0 Å². The van der Waals surface area contributed by atoms with Crippen LogP contribution >= 0.6 is 11.8 Å². The zero-order valence-corrected chi connectivity index (χ0v) is 9.96. The van der Waals surface area contributed by atoms with Crippen LogP contribution in [0.1, 0.15) is 11.4 Å². The van der Waals surface area contributed by atoms with E-state index in [0.717, 1.165) is 11.0 Å². The molecule has 0 bridgehead atoms. The molecule has 0 aliphatic carbocycles. The van der Waals surface area contributed by atoms with E-state index >= 15 is 0 Å². The highest BCUT2D eigenvalue weighted by atomic mass is 32.2. The summed E-state index contributed by atoms with van der Waals surface area (Å²) in [6.45, 7) is 1.89. The molecule has 3 nitrogen and oxygen atoms in total. The third-order valence-electron chi connectivity index (χ3n) is 2.37. The average molecular weight is 237 g/mol. The van der Waals surface area contributed by atoms with E-state index in [-0.39, 0.29) is 5.82 Å². The van der Waals surface area contributed by atoms with Gasteiger partial charge in [-0.1, -0.05) is 30.0 Å². The Hall–Kier alpha value is -1.36. The van der Waals surface area contributed by atoms with E-state index < -0.39 is 0 Å². The second-order valence-electron chi connectivity index (χ2n) is 3.47. The molecule has 0 unspecified atom stereocenters. The maximum atomic E-state index is 13.3. The van der Waals surface area contributed by atoms with E-state index in [1.165, 1.54) is 17.8 Å². The average Bonchev–Trinajstić information content (AvgIpc) is 2.59. The molecule has 0 saturated carbocycles. The first-order valence-electron chi connectivity index (χ1n) is 4.90. The number of rotatable bonds is 3. The minimum atomic E-state index is -0.172. The molecule has 2 aromatic rings.